The van der Waals surface area contributed by atoms with E-state index in [0.29, 0.717) is 18.7 Å². The molecule has 4 atom stereocenters. The number of carboxylic acids is 1. The molecule has 1 saturated heterocycles. The van der Waals surface area contributed by atoms with Gasteiger partial charge in [-0.3, -0.25) is 4.79 Å². The third-order valence-corrected chi connectivity index (χ3v) is 9.41. The number of hydrogen-bond donors (Lipinski definition) is 5. The van der Waals surface area contributed by atoms with E-state index in [4.69, 9.17) is 5.73 Å². The van der Waals surface area contributed by atoms with Crippen molar-refractivity contribution in [1.82, 2.24) is 9.30 Å². The minimum absolute atomic E-state index is 0.00986. The van der Waals surface area contributed by atoms with E-state index in [1.807, 2.05) is 28.4 Å². The number of nitrogens with zero attached hydrogens (tertiary/aromatic N) is 3. The number of phenols is 2. The van der Waals surface area contributed by atoms with Crippen LogP contribution in [0.2, 0.25) is 0 Å². The molecule has 2 aliphatic rings. The lowest BCUT2D eigenvalue weighted by molar-refractivity contribution is -0.721. The molecule has 6 N–H and O–H groups in total. The topological polar surface area (TPSA) is 153 Å². The van der Waals surface area contributed by atoms with Gasteiger partial charge in [0, 0.05) is 28.9 Å². The van der Waals surface area contributed by atoms with E-state index in [1.54, 1.807) is 30.8 Å². The lowest BCUT2D eigenvalue weighted by Gasteiger charge is -2.46. The molecule has 2 aromatic heterocycles. The standard InChI is InChI=1S/C25H28N4O6S2/c1-12-18(21(25(34)35)29-20(12)19(13(2)30)22(29)33)17-10-28-11-27(9-14-6-15(31)8-16(32)7-14)23(24(28)37-17)36-5-3-4-26/h6-8,10-13,19-20,30H,3-5,9,26H2,1-2H3,(H2-,31,32,34,35)/p+1/t12-,13+,19+,20-/m0/s1. The van der Waals surface area contributed by atoms with Crippen molar-refractivity contribution >= 4 is 45.4 Å². The van der Waals surface area contributed by atoms with Gasteiger partial charge < -0.3 is 31.1 Å². The summed E-state index contributed by atoms with van der Waals surface area (Å²) in [5.41, 5.74) is 7.03. The Balaban J connectivity index is 1.56. The van der Waals surface area contributed by atoms with Gasteiger partial charge in [-0.2, -0.15) is 4.40 Å². The summed E-state index contributed by atoms with van der Waals surface area (Å²) in [6.45, 7) is 4.44. The zero-order valence-corrected chi connectivity index (χ0v) is 22.0. The van der Waals surface area contributed by atoms with Crippen LogP contribution in [0.5, 0.6) is 11.5 Å². The third-order valence-electron chi connectivity index (χ3n) is 6.95. The summed E-state index contributed by atoms with van der Waals surface area (Å²) in [4.78, 5) is 28.0. The molecule has 1 aromatic carbocycles. The van der Waals surface area contributed by atoms with Crippen LogP contribution >= 0.6 is 23.1 Å². The number of nitrogens with two attached hydrogens (primary N) is 1. The van der Waals surface area contributed by atoms with Crippen molar-refractivity contribution in [2.24, 2.45) is 17.6 Å². The fraction of sp³-hybridized carbons (Fsp3) is 0.400. The Morgan fingerprint density at radius 2 is 1.97 bits per heavy atom. The van der Waals surface area contributed by atoms with E-state index in [-0.39, 0.29) is 35.1 Å². The maximum Gasteiger partial charge on any atom is 0.352 e. The summed E-state index contributed by atoms with van der Waals surface area (Å²) in [6, 6.07) is 4.10. The normalized spacial score (nSPS) is 22.0. The predicted octanol–water partition coefficient (Wildman–Crippen LogP) is 1.84. The molecule has 0 radical (unpaired) electrons. The van der Waals surface area contributed by atoms with Crippen molar-refractivity contribution in [2.45, 2.75) is 44.0 Å². The second kappa shape index (κ2) is 9.67. The number of thiazole rings is 1. The number of hydrogen-bond acceptors (Lipinski definition) is 8. The van der Waals surface area contributed by atoms with E-state index in [0.717, 1.165) is 32.5 Å². The fourth-order valence-electron chi connectivity index (χ4n) is 5.41. The number of aliphatic hydroxyl groups is 1. The van der Waals surface area contributed by atoms with E-state index in [2.05, 4.69) is 0 Å². The second-order valence-corrected chi connectivity index (χ2v) is 11.6. The van der Waals surface area contributed by atoms with Gasteiger partial charge in [0.2, 0.25) is 15.8 Å². The second-order valence-electron chi connectivity index (χ2n) is 9.53. The number of carbonyl (C=O) groups excluding carboxylic acids is 1. The van der Waals surface area contributed by atoms with Crippen molar-refractivity contribution in [3.63, 3.8) is 0 Å². The number of fused-ring (bicyclic) bond motifs is 2. The van der Waals surface area contributed by atoms with Crippen molar-refractivity contribution in [3.8, 4) is 11.5 Å². The lowest BCUT2D eigenvalue weighted by atomic mass is 9.77. The molecule has 0 bridgehead atoms. The molecule has 4 heterocycles. The highest BCUT2D eigenvalue weighted by Crippen LogP contribution is 2.51. The van der Waals surface area contributed by atoms with E-state index < -0.39 is 18.0 Å². The number of rotatable bonds is 9. The molecule has 5 rings (SSSR count). The molecule has 196 valence electrons. The molecule has 12 heteroatoms. The highest BCUT2D eigenvalue weighted by Gasteiger charge is 2.60. The molecule has 3 aromatic rings. The Labute approximate surface area is 221 Å². The number of aromatic hydroxyl groups is 2. The Morgan fingerprint density at radius 3 is 2.59 bits per heavy atom. The van der Waals surface area contributed by atoms with Gasteiger partial charge in [-0.15, -0.1) is 0 Å². The van der Waals surface area contributed by atoms with Crippen LogP contribution in [-0.2, 0) is 16.1 Å². The number of aliphatic hydroxyl groups excluding tert-OH is 1. The van der Waals surface area contributed by atoms with Crippen molar-refractivity contribution < 1.29 is 34.6 Å². The number of amides is 1. The highest BCUT2D eigenvalue weighted by atomic mass is 32.2. The van der Waals surface area contributed by atoms with E-state index >= 15 is 0 Å². The van der Waals surface area contributed by atoms with Gasteiger partial charge in [-0.05, 0) is 32.0 Å². The van der Waals surface area contributed by atoms with Crippen LogP contribution in [0.25, 0.3) is 10.4 Å². The first-order valence-corrected chi connectivity index (χ1v) is 13.8. The molecule has 0 aliphatic carbocycles. The van der Waals surface area contributed by atoms with Gasteiger partial charge in [0.15, 0.2) is 0 Å². The molecule has 0 unspecified atom stereocenters. The first kappa shape index (κ1) is 25.6. The van der Waals surface area contributed by atoms with Crippen LogP contribution in [0.15, 0.2) is 41.4 Å². The molecule has 37 heavy (non-hydrogen) atoms. The average Bonchev–Trinajstić information content (AvgIpc) is 3.41. The molecular formula is C25H29N4O6S2+. The van der Waals surface area contributed by atoms with Crippen LogP contribution in [0, 0.1) is 11.8 Å². The molecule has 0 saturated carbocycles. The van der Waals surface area contributed by atoms with E-state index in [1.165, 1.54) is 22.3 Å². The van der Waals surface area contributed by atoms with Gasteiger partial charge in [0.05, 0.1) is 22.9 Å². The minimum Gasteiger partial charge on any atom is -0.508 e. The number of thioether (sulfide) groups is 1. The van der Waals surface area contributed by atoms with Crippen LogP contribution in [0.3, 0.4) is 0 Å². The number of aliphatic carboxylic acids is 1. The SMILES string of the molecule is C[C@@H](O)[C@H]1C(=O)N2C(C(=O)O)=C(c3cn4c[n+](Cc5cc(O)cc(O)c5)c(SCCCN)c4s3)[C@H](C)[C@@H]12. The third kappa shape index (κ3) is 4.27. The average molecular weight is 546 g/mol. The summed E-state index contributed by atoms with van der Waals surface area (Å²) >= 11 is 3.09. The Hall–Kier alpha value is -3.06. The zero-order valence-electron chi connectivity index (χ0n) is 20.4. The first-order valence-electron chi connectivity index (χ1n) is 12.0. The molecule has 1 amide bonds. The maximum absolute atomic E-state index is 12.7. The van der Waals surface area contributed by atoms with Crippen LogP contribution in [0.1, 0.15) is 30.7 Å². The van der Waals surface area contributed by atoms with Gasteiger partial charge in [0.1, 0.15) is 29.9 Å². The minimum atomic E-state index is -1.16. The number of β-lactam (4-membered cyclic amide) rings is 1. The number of aromatic nitrogens is 2. The molecule has 10 nitrogen and oxygen atoms in total. The molecular weight excluding hydrogens is 516 g/mol. The number of carbonyl (C=O) groups is 2. The molecule has 2 aliphatic heterocycles. The summed E-state index contributed by atoms with van der Waals surface area (Å²) in [5.74, 6) is -1.62. The van der Waals surface area contributed by atoms with Gasteiger partial charge >= 0.3 is 5.97 Å². The quantitative estimate of drug-likeness (QED) is 0.118. The monoisotopic (exact) mass is 545 g/mol. The van der Waals surface area contributed by atoms with Crippen molar-refractivity contribution in [1.29, 1.82) is 0 Å². The first-order chi connectivity index (χ1) is 17.6. The van der Waals surface area contributed by atoms with Crippen LogP contribution in [0.4, 0.5) is 0 Å². The Morgan fingerprint density at radius 1 is 1.27 bits per heavy atom. The Bertz CT molecular complexity index is 1410. The van der Waals surface area contributed by atoms with Gasteiger partial charge in [-0.1, -0.05) is 30.0 Å². The summed E-state index contributed by atoms with van der Waals surface area (Å²) in [6.07, 6.45) is 3.75. The fourth-order valence-corrected chi connectivity index (χ4v) is 7.89. The number of phenolic OH excluding ortho intramolecular Hbond substituents is 2. The van der Waals surface area contributed by atoms with Gasteiger partial charge in [0.25, 0.3) is 6.33 Å². The maximum atomic E-state index is 12.7. The largest absolute Gasteiger partial charge is 0.508 e. The van der Waals surface area contributed by atoms with Crippen molar-refractivity contribution in [2.75, 3.05) is 12.3 Å². The predicted molar refractivity (Wildman–Crippen MR) is 138 cm³/mol. The van der Waals surface area contributed by atoms with Crippen LogP contribution in [-0.4, -0.2) is 66.0 Å². The highest BCUT2D eigenvalue weighted by molar-refractivity contribution is 7.99. The summed E-state index contributed by atoms with van der Waals surface area (Å²) < 4.78 is 3.96. The van der Waals surface area contributed by atoms with E-state index in [9.17, 15) is 30.0 Å². The number of carboxylic acid groups (broad SMARTS) is 1. The summed E-state index contributed by atoms with van der Waals surface area (Å²) in [5, 5.41) is 40.9. The van der Waals surface area contributed by atoms with Gasteiger partial charge in [-0.25, -0.2) is 9.36 Å². The smallest absolute Gasteiger partial charge is 0.352 e. The number of imidazole rings is 1. The molecule has 0 spiro atoms. The number of benzene rings is 1. The van der Waals surface area contributed by atoms with Crippen molar-refractivity contribution in [3.05, 3.63) is 46.9 Å². The summed E-state index contributed by atoms with van der Waals surface area (Å²) in [7, 11) is 0. The van der Waals surface area contributed by atoms with Crippen LogP contribution < -0.4 is 10.3 Å². The lowest BCUT2D eigenvalue weighted by Crippen LogP contribution is -2.63. The Kier molecular flexibility index (Phi) is 6.69. The zero-order chi connectivity index (χ0) is 26.6. The molecule has 1 fully saturated rings.